The first-order chi connectivity index (χ1) is 15.0. The Balaban J connectivity index is 1.62. The Bertz CT molecular complexity index is 1080. The minimum absolute atomic E-state index is 0.279. The molecule has 0 saturated carbocycles. The first-order valence-corrected chi connectivity index (χ1v) is 11.2. The molecule has 0 bridgehead atoms. The molecule has 5 nitrogen and oxygen atoms in total. The van der Waals surface area contributed by atoms with Crippen molar-refractivity contribution >= 4 is 33.4 Å². The minimum atomic E-state index is -0.323. The molecule has 1 aromatic heterocycles. The standard InChI is InChI=1S/C25H26BrN3O2/c1-4-7-23-28(2)22-14-19(26)15-27-24(22)29(23)16-17-10-12-18(13-11-17)20-8-5-6-9-21(20)25(30)31-3/h5-6,8-15,23H,4,7,16H2,1-3H3. The van der Waals surface area contributed by atoms with Crippen LogP contribution in [0.2, 0.25) is 0 Å². The summed E-state index contributed by atoms with van der Waals surface area (Å²) in [5.41, 5.74) is 4.80. The third-order valence-corrected chi connectivity index (χ3v) is 6.20. The topological polar surface area (TPSA) is 45.7 Å². The highest BCUT2D eigenvalue weighted by molar-refractivity contribution is 9.10. The van der Waals surface area contributed by atoms with Crippen LogP contribution in [0.5, 0.6) is 0 Å². The van der Waals surface area contributed by atoms with Gasteiger partial charge >= 0.3 is 5.97 Å². The summed E-state index contributed by atoms with van der Waals surface area (Å²) in [5.74, 6) is 0.695. The highest BCUT2D eigenvalue weighted by atomic mass is 79.9. The smallest absolute Gasteiger partial charge is 0.338 e. The number of benzene rings is 2. The highest BCUT2D eigenvalue weighted by Gasteiger charge is 2.34. The van der Waals surface area contributed by atoms with Crippen LogP contribution in [0.25, 0.3) is 11.1 Å². The van der Waals surface area contributed by atoms with E-state index in [1.54, 1.807) is 6.07 Å². The fourth-order valence-electron chi connectivity index (χ4n) is 4.21. The van der Waals surface area contributed by atoms with Gasteiger partial charge in [0.15, 0.2) is 5.82 Å². The van der Waals surface area contributed by atoms with Crippen LogP contribution in [0.3, 0.4) is 0 Å². The number of esters is 1. The second kappa shape index (κ2) is 9.10. The Kier molecular flexibility index (Phi) is 6.28. The van der Waals surface area contributed by atoms with Gasteiger partial charge < -0.3 is 14.5 Å². The Morgan fingerprint density at radius 3 is 2.61 bits per heavy atom. The third kappa shape index (κ3) is 4.17. The number of ether oxygens (including phenoxy) is 1. The normalized spacial score (nSPS) is 15.2. The van der Waals surface area contributed by atoms with E-state index < -0.39 is 0 Å². The van der Waals surface area contributed by atoms with E-state index in [1.165, 1.54) is 12.7 Å². The third-order valence-electron chi connectivity index (χ3n) is 5.77. The van der Waals surface area contributed by atoms with E-state index in [4.69, 9.17) is 9.72 Å². The van der Waals surface area contributed by atoms with Crippen molar-refractivity contribution in [1.29, 1.82) is 0 Å². The van der Waals surface area contributed by atoms with Crippen LogP contribution in [0.1, 0.15) is 35.7 Å². The molecule has 0 saturated heterocycles. The van der Waals surface area contributed by atoms with Gasteiger partial charge in [-0.25, -0.2) is 9.78 Å². The van der Waals surface area contributed by atoms with Crippen LogP contribution < -0.4 is 9.80 Å². The summed E-state index contributed by atoms with van der Waals surface area (Å²) in [4.78, 5) is 21.5. The summed E-state index contributed by atoms with van der Waals surface area (Å²) in [6.07, 6.45) is 4.31. The average Bonchev–Trinajstić information content (AvgIpc) is 3.04. The van der Waals surface area contributed by atoms with Gasteiger partial charge in [-0.1, -0.05) is 55.8 Å². The number of anilines is 2. The molecular formula is C25H26BrN3O2. The lowest BCUT2D eigenvalue weighted by Crippen LogP contribution is -2.41. The molecule has 0 radical (unpaired) electrons. The van der Waals surface area contributed by atoms with E-state index >= 15 is 0 Å². The molecule has 1 unspecified atom stereocenters. The molecule has 31 heavy (non-hydrogen) atoms. The number of fused-ring (bicyclic) bond motifs is 1. The predicted molar refractivity (Wildman–Crippen MR) is 128 cm³/mol. The van der Waals surface area contributed by atoms with Crippen molar-refractivity contribution in [2.75, 3.05) is 24.0 Å². The van der Waals surface area contributed by atoms with Gasteiger partial charge in [0.25, 0.3) is 0 Å². The molecule has 6 heteroatoms. The van der Waals surface area contributed by atoms with Crippen LogP contribution in [0.15, 0.2) is 65.3 Å². The second-order valence-corrected chi connectivity index (χ2v) is 8.65. The molecule has 1 atom stereocenters. The van der Waals surface area contributed by atoms with E-state index in [0.29, 0.717) is 5.56 Å². The zero-order valence-corrected chi connectivity index (χ0v) is 19.6. The fourth-order valence-corrected chi connectivity index (χ4v) is 4.53. The van der Waals surface area contributed by atoms with Crippen molar-refractivity contribution in [2.24, 2.45) is 0 Å². The SMILES string of the molecule is CCCC1N(C)c2cc(Br)cnc2N1Cc1ccc(-c2ccccc2C(=O)OC)cc1. The fraction of sp³-hybridized carbons (Fsp3) is 0.280. The zero-order valence-electron chi connectivity index (χ0n) is 18.0. The van der Waals surface area contributed by atoms with Crippen LogP contribution in [-0.2, 0) is 11.3 Å². The molecule has 0 aliphatic carbocycles. The molecular weight excluding hydrogens is 454 g/mol. The number of carbonyl (C=O) groups excluding carboxylic acids is 1. The quantitative estimate of drug-likeness (QED) is 0.413. The maximum atomic E-state index is 12.1. The van der Waals surface area contributed by atoms with E-state index in [1.807, 2.05) is 24.4 Å². The Labute approximate surface area is 191 Å². The Hall–Kier alpha value is -2.86. The van der Waals surface area contributed by atoms with Crippen LogP contribution in [-0.4, -0.2) is 31.3 Å². The van der Waals surface area contributed by atoms with E-state index in [2.05, 4.69) is 70.0 Å². The number of rotatable bonds is 6. The van der Waals surface area contributed by atoms with E-state index in [9.17, 15) is 4.79 Å². The molecule has 1 aliphatic rings. The summed E-state index contributed by atoms with van der Waals surface area (Å²) < 4.78 is 5.93. The average molecular weight is 480 g/mol. The van der Waals surface area contributed by atoms with Gasteiger partial charge in [-0.3, -0.25) is 0 Å². The second-order valence-electron chi connectivity index (χ2n) is 7.74. The van der Waals surface area contributed by atoms with Crippen molar-refractivity contribution in [3.8, 4) is 11.1 Å². The molecule has 160 valence electrons. The maximum absolute atomic E-state index is 12.1. The number of halogens is 1. The van der Waals surface area contributed by atoms with Crippen LogP contribution in [0.4, 0.5) is 11.5 Å². The number of carbonyl (C=O) groups is 1. The largest absolute Gasteiger partial charge is 0.465 e. The molecule has 1 aliphatic heterocycles. The molecule has 0 amide bonds. The molecule has 0 N–H and O–H groups in total. The molecule has 3 aromatic rings. The molecule has 2 aromatic carbocycles. The van der Waals surface area contributed by atoms with Gasteiger partial charge in [-0.15, -0.1) is 0 Å². The molecule has 2 heterocycles. The summed E-state index contributed by atoms with van der Waals surface area (Å²) in [5, 5.41) is 0. The van der Waals surface area contributed by atoms with Crippen LogP contribution in [0, 0.1) is 0 Å². The lowest BCUT2D eigenvalue weighted by atomic mass is 9.98. The number of nitrogens with zero attached hydrogens (tertiary/aromatic N) is 3. The predicted octanol–water partition coefficient (Wildman–Crippen LogP) is 5.88. The first kappa shape index (κ1) is 21.4. The lowest BCUT2D eigenvalue weighted by molar-refractivity contribution is 0.0601. The minimum Gasteiger partial charge on any atom is -0.465 e. The van der Waals surface area contributed by atoms with Crippen molar-refractivity contribution in [2.45, 2.75) is 32.5 Å². The van der Waals surface area contributed by atoms with Gasteiger partial charge in [0, 0.05) is 24.3 Å². The van der Waals surface area contributed by atoms with Gasteiger partial charge in [0.05, 0.1) is 18.4 Å². The lowest BCUT2D eigenvalue weighted by Gasteiger charge is -2.30. The van der Waals surface area contributed by atoms with Crippen molar-refractivity contribution in [3.05, 3.63) is 76.4 Å². The van der Waals surface area contributed by atoms with Gasteiger partial charge in [-0.2, -0.15) is 0 Å². The number of hydrogen-bond acceptors (Lipinski definition) is 5. The zero-order chi connectivity index (χ0) is 22.0. The van der Waals surface area contributed by atoms with Gasteiger partial charge in [0.2, 0.25) is 0 Å². The highest BCUT2D eigenvalue weighted by Crippen LogP contribution is 2.40. The molecule has 0 spiro atoms. The van der Waals surface area contributed by atoms with Crippen molar-refractivity contribution < 1.29 is 9.53 Å². The summed E-state index contributed by atoms with van der Waals surface area (Å²) in [7, 11) is 3.55. The van der Waals surface area contributed by atoms with Crippen LogP contribution >= 0.6 is 15.9 Å². The van der Waals surface area contributed by atoms with E-state index in [-0.39, 0.29) is 12.1 Å². The molecule has 0 fully saturated rings. The van der Waals surface area contributed by atoms with E-state index in [0.717, 1.165) is 46.5 Å². The van der Waals surface area contributed by atoms with Crippen molar-refractivity contribution in [1.82, 2.24) is 4.98 Å². The number of pyridine rings is 1. The summed E-state index contributed by atoms with van der Waals surface area (Å²) in [6, 6.07) is 18.1. The molecule has 4 rings (SSSR count). The van der Waals surface area contributed by atoms with Gasteiger partial charge in [-0.05, 0) is 51.2 Å². The number of aromatic nitrogens is 1. The summed E-state index contributed by atoms with van der Waals surface area (Å²) in [6.45, 7) is 2.99. The first-order valence-electron chi connectivity index (χ1n) is 10.4. The summed E-state index contributed by atoms with van der Waals surface area (Å²) >= 11 is 3.55. The Morgan fingerprint density at radius 2 is 1.90 bits per heavy atom. The monoisotopic (exact) mass is 479 g/mol. The number of methoxy groups -OCH3 is 1. The number of hydrogen-bond donors (Lipinski definition) is 0. The Morgan fingerprint density at radius 1 is 1.16 bits per heavy atom. The maximum Gasteiger partial charge on any atom is 0.338 e. The van der Waals surface area contributed by atoms with Crippen molar-refractivity contribution in [3.63, 3.8) is 0 Å². The van der Waals surface area contributed by atoms with Gasteiger partial charge in [0.1, 0.15) is 6.17 Å².